The third-order valence-electron chi connectivity index (χ3n) is 4.59. The second-order valence-electron chi connectivity index (χ2n) is 5.70. The molecule has 22 heavy (non-hydrogen) atoms. The van der Waals surface area contributed by atoms with E-state index in [1.165, 1.54) is 32.6 Å². The highest BCUT2D eigenvalue weighted by atomic mass is 16.3. The van der Waals surface area contributed by atoms with Crippen molar-refractivity contribution in [3.05, 3.63) is 60.7 Å². The Morgan fingerprint density at radius 3 is 2.36 bits per heavy atom. The van der Waals surface area contributed by atoms with Crippen molar-refractivity contribution in [2.45, 2.75) is 13.5 Å². The molecule has 2 heterocycles. The van der Waals surface area contributed by atoms with Crippen LogP contribution in [0.3, 0.4) is 0 Å². The van der Waals surface area contributed by atoms with Crippen molar-refractivity contribution in [2.24, 2.45) is 0 Å². The Hall–Kier alpha value is -2.74. The number of aromatic nitrogens is 1. The average molecular weight is 285 g/mol. The van der Waals surface area contributed by atoms with Crippen LogP contribution in [-0.4, -0.2) is 4.57 Å². The fourth-order valence-corrected chi connectivity index (χ4v) is 3.65. The number of hydrogen-bond donors (Lipinski definition) is 0. The van der Waals surface area contributed by atoms with E-state index in [0.29, 0.717) is 0 Å². The molecule has 0 radical (unpaired) electrons. The van der Waals surface area contributed by atoms with E-state index in [0.717, 1.165) is 17.7 Å². The number of rotatable bonds is 1. The first-order valence-electron chi connectivity index (χ1n) is 7.69. The summed E-state index contributed by atoms with van der Waals surface area (Å²) < 4.78 is 8.57. The molecule has 0 aliphatic rings. The van der Waals surface area contributed by atoms with Crippen LogP contribution >= 0.6 is 0 Å². The standard InChI is InChI=1S/C20H15NO/c1-2-21-17-9-5-3-7-13(17)15-11-12-16-14-8-4-6-10-18(14)22-20(16)19(15)21/h3-12H,2H2,1H3. The molecule has 5 rings (SSSR count). The van der Waals surface area contributed by atoms with E-state index in [1.807, 2.05) is 12.1 Å². The van der Waals surface area contributed by atoms with Gasteiger partial charge < -0.3 is 8.98 Å². The lowest BCUT2D eigenvalue weighted by molar-refractivity contribution is 0.668. The van der Waals surface area contributed by atoms with Gasteiger partial charge in [0.1, 0.15) is 5.58 Å². The van der Waals surface area contributed by atoms with Crippen LogP contribution in [0.5, 0.6) is 0 Å². The van der Waals surface area contributed by atoms with Gasteiger partial charge in [0, 0.05) is 33.6 Å². The molecule has 0 atom stereocenters. The molecule has 0 saturated heterocycles. The lowest BCUT2D eigenvalue weighted by atomic mass is 10.1. The topological polar surface area (TPSA) is 18.1 Å². The molecule has 0 aliphatic heterocycles. The maximum absolute atomic E-state index is 6.22. The summed E-state index contributed by atoms with van der Waals surface area (Å²) >= 11 is 0. The van der Waals surface area contributed by atoms with Gasteiger partial charge in [0.25, 0.3) is 0 Å². The minimum absolute atomic E-state index is 0.931. The van der Waals surface area contributed by atoms with Gasteiger partial charge in [0.2, 0.25) is 0 Å². The van der Waals surface area contributed by atoms with Crippen molar-refractivity contribution >= 4 is 43.7 Å². The Balaban J connectivity index is 2.12. The van der Waals surface area contributed by atoms with Crippen LogP contribution in [0.1, 0.15) is 6.92 Å². The van der Waals surface area contributed by atoms with Crippen molar-refractivity contribution in [2.75, 3.05) is 0 Å². The minimum Gasteiger partial charge on any atom is -0.454 e. The quantitative estimate of drug-likeness (QED) is 0.385. The average Bonchev–Trinajstić information content (AvgIpc) is 3.10. The number of hydrogen-bond acceptors (Lipinski definition) is 1. The third kappa shape index (κ3) is 1.34. The summed E-state index contributed by atoms with van der Waals surface area (Å²) in [6.45, 7) is 3.12. The maximum Gasteiger partial charge on any atom is 0.159 e. The van der Waals surface area contributed by atoms with E-state index in [9.17, 15) is 0 Å². The van der Waals surface area contributed by atoms with Gasteiger partial charge in [-0.2, -0.15) is 0 Å². The number of fused-ring (bicyclic) bond motifs is 7. The molecule has 2 nitrogen and oxygen atoms in total. The monoisotopic (exact) mass is 285 g/mol. The van der Waals surface area contributed by atoms with E-state index in [2.05, 4.69) is 60.0 Å². The van der Waals surface area contributed by atoms with Gasteiger partial charge >= 0.3 is 0 Å². The largest absolute Gasteiger partial charge is 0.454 e. The zero-order chi connectivity index (χ0) is 14.7. The molecule has 0 amide bonds. The Morgan fingerprint density at radius 1 is 0.773 bits per heavy atom. The van der Waals surface area contributed by atoms with E-state index < -0.39 is 0 Å². The molecule has 0 spiro atoms. The Kier molecular flexibility index (Phi) is 2.23. The van der Waals surface area contributed by atoms with Crippen LogP contribution in [0.2, 0.25) is 0 Å². The van der Waals surface area contributed by atoms with Crippen LogP contribution in [0.4, 0.5) is 0 Å². The predicted octanol–water partition coefficient (Wildman–Crippen LogP) is 5.71. The zero-order valence-corrected chi connectivity index (χ0v) is 12.3. The Labute approximate surface area is 127 Å². The summed E-state index contributed by atoms with van der Waals surface area (Å²) in [5.41, 5.74) is 4.43. The second kappa shape index (κ2) is 4.14. The molecule has 0 aliphatic carbocycles. The van der Waals surface area contributed by atoms with Crippen LogP contribution in [0, 0.1) is 0 Å². The predicted molar refractivity (Wildman–Crippen MR) is 92.4 cm³/mol. The van der Waals surface area contributed by atoms with E-state index in [4.69, 9.17) is 4.42 Å². The Morgan fingerprint density at radius 2 is 1.50 bits per heavy atom. The molecule has 0 fully saturated rings. The molecular formula is C20H15NO. The number of benzene rings is 3. The lowest BCUT2D eigenvalue weighted by Gasteiger charge is -2.02. The molecule has 106 valence electrons. The van der Waals surface area contributed by atoms with Crippen molar-refractivity contribution < 1.29 is 4.42 Å². The SMILES string of the molecule is CCn1c2ccccc2c2ccc3c4ccccc4oc3c21. The van der Waals surface area contributed by atoms with Crippen LogP contribution < -0.4 is 0 Å². The van der Waals surface area contributed by atoms with Gasteiger partial charge in [0.15, 0.2) is 5.58 Å². The van der Waals surface area contributed by atoms with Gasteiger partial charge in [0.05, 0.1) is 5.52 Å². The highest BCUT2D eigenvalue weighted by Gasteiger charge is 2.16. The summed E-state index contributed by atoms with van der Waals surface area (Å²) in [6, 6.07) is 21.3. The first-order valence-corrected chi connectivity index (χ1v) is 7.69. The van der Waals surface area contributed by atoms with Crippen molar-refractivity contribution in [1.82, 2.24) is 4.57 Å². The third-order valence-corrected chi connectivity index (χ3v) is 4.59. The first kappa shape index (κ1) is 11.9. The molecule has 0 unspecified atom stereocenters. The van der Waals surface area contributed by atoms with Crippen molar-refractivity contribution in [3.63, 3.8) is 0 Å². The fraction of sp³-hybridized carbons (Fsp3) is 0.100. The fourth-order valence-electron chi connectivity index (χ4n) is 3.65. The molecular weight excluding hydrogens is 270 g/mol. The first-order chi connectivity index (χ1) is 10.9. The normalized spacial score (nSPS) is 12.0. The number of aryl methyl sites for hydroxylation is 1. The molecule has 2 aromatic heterocycles. The van der Waals surface area contributed by atoms with Gasteiger partial charge in [-0.15, -0.1) is 0 Å². The van der Waals surface area contributed by atoms with E-state index in [1.54, 1.807) is 0 Å². The Bertz CT molecular complexity index is 1160. The maximum atomic E-state index is 6.22. The summed E-state index contributed by atoms with van der Waals surface area (Å²) in [5, 5.41) is 4.94. The molecule has 0 bridgehead atoms. The molecule has 3 aromatic carbocycles. The zero-order valence-electron chi connectivity index (χ0n) is 12.3. The number of nitrogens with zero attached hydrogens (tertiary/aromatic N) is 1. The molecule has 2 heteroatoms. The minimum atomic E-state index is 0.931. The summed E-state index contributed by atoms with van der Waals surface area (Å²) in [4.78, 5) is 0. The van der Waals surface area contributed by atoms with Gasteiger partial charge in [-0.3, -0.25) is 0 Å². The smallest absolute Gasteiger partial charge is 0.159 e. The van der Waals surface area contributed by atoms with Crippen molar-refractivity contribution in [1.29, 1.82) is 0 Å². The summed E-state index contributed by atoms with van der Waals surface area (Å²) in [5.74, 6) is 0. The summed E-state index contributed by atoms with van der Waals surface area (Å²) in [6.07, 6.45) is 0. The highest BCUT2D eigenvalue weighted by molar-refractivity contribution is 6.20. The highest BCUT2D eigenvalue weighted by Crippen LogP contribution is 2.38. The van der Waals surface area contributed by atoms with Gasteiger partial charge in [-0.05, 0) is 25.1 Å². The molecule has 0 saturated carbocycles. The summed E-state index contributed by atoms with van der Waals surface area (Å²) in [7, 11) is 0. The van der Waals surface area contributed by atoms with E-state index in [-0.39, 0.29) is 0 Å². The number of furan rings is 1. The van der Waals surface area contributed by atoms with Crippen LogP contribution in [0.25, 0.3) is 43.7 Å². The van der Waals surface area contributed by atoms with Crippen LogP contribution in [0.15, 0.2) is 65.1 Å². The van der Waals surface area contributed by atoms with Crippen molar-refractivity contribution in [3.8, 4) is 0 Å². The second-order valence-corrected chi connectivity index (χ2v) is 5.70. The van der Waals surface area contributed by atoms with Gasteiger partial charge in [-0.1, -0.05) is 42.5 Å². The molecule has 0 N–H and O–H groups in total. The molecule has 5 aromatic rings. The van der Waals surface area contributed by atoms with Gasteiger partial charge in [-0.25, -0.2) is 0 Å². The number of para-hydroxylation sites is 2. The lowest BCUT2D eigenvalue weighted by Crippen LogP contribution is -1.92. The van der Waals surface area contributed by atoms with E-state index >= 15 is 0 Å². The van der Waals surface area contributed by atoms with Crippen LogP contribution in [-0.2, 0) is 6.54 Å².